The number of hydrogen-bond donors (Lipinski definition) is 3. The van der Waals surface area contributed by atoms with Crippen LogP contribution >= 0.6 is 11.6 Å². The van der Waals surface area contributed by atoms with Gasteiger partial charge >= 0.3 is 0 Å². The van der Waals surface area contributed by atoms with Gasteiger partial charge in [0.25, 0.3) is 0 Å². The van der Waals surface area contributed by atoms with Gasteiger partial charge in [0, 0.05) is 29.8 Å². The molecule has 0 aliphatic carbocycles. The standard InChI is InChI=1S/C23H21ClN4/c24-20-10-2-1-9-19(20)23-27-21(17-7-3-5-15(11-17)13-25)22(28-23)18-8-4-6-16(12-18)14-26/h1-12H,13-14,25-26H2,(H,27,28). The average Bonchev–Trinajstić information content (AvgIpc) is 3.19. The van der Waals surface area contributed by atoms with Gasteiger partial charge in [0.05, 0.1) is 16.4 Å². The number of imidazole rings is 1. The van der Waals surface area contributed by atoms with Crippen molar-refractivity contribution in [2.45, 2.75) is 13.1 Å². The molecule has 4 rings (SSSR count). The van der Waals surface area contributed by atoms with E-state index in [-0.39, 0.29) is 0 Å². The molecule has 0 amide bonds. The molecule has 5 N–H and O–H groups in total. The maximum Gasteiger partial charge on any atom is 0.140 e. The van der Waals surface area contributed by atoms with Gasteiger partial charge in [-0.05, 0) is 35.4 Å². The van der Waals surface area contributed by atoms with E-state index in [0.717, 1.165) is 45.0 Å². The van der Waals surface area contributed by atoms with Crippen LogP contribution in [-0.4, -0.2) is 9.97 Å². The van der Waals surface area contributed by atoms with Gasteiger partial charge < -0.3 is 16.5 Å². The number of hydrogen-bond acceptors (Lipinski definition) is 3. The van der Waals surface area contributed by atoms with E-state index in [2.05, 4.69) is 23.2 Å². The molecule has 0 spiro atoms. The fourth-order valence-electron chi connectivity index (χ4n) is 3.27. The number of halogens is 1. The molecule has 0 aliphatic rings. The Hall–Kier alpha value is -2.92. The molecule has 1 aromatic heterocycles. The van der Waals surface area contributed by atoms with Gasteiger partial charge in [-0.1, -0.05) is 60.1 Å². The summed E-state index contributed by atoms with van der Waals surface area (Å²) in [6.45, 7) is 0.963. The van der Waals surface area contributed by atoms with Crippen molar-refractivity contribution in [2.24, 2.45) is 11.5 Å². The first-order valence-corrected chi connectivity index (χ1v) is 9.51. The zero-order valence-corrected chi connectivity index (χ0v) is 16.1. The summed E-state index contributed by atoms with van der Waals surface area (Å²) in [7, 11) is 0. The lowest BCUT2D eigenvalue weighted by Crippen LogP contribution is -1.97. The van der Waals surface area contributed by atoms with Gasteiger partial charge in [-0.3, -0.25) is 0 Å². The smallest absolute Gasteiger partial charge is 0.140 e. The molecule has 0 bridgehead atoms. The van der Waals surface area contributed by atoms with Gasteiger partial charge in [0.15, 0.2) is 0 Å². The second kappa shape index (κ2) is 7.98. The van der Waals surface area contributed by atoms with Crippen LogP contribution in [0.3, 0.4) is 0 Å². The highest BCUT2D eigenvalue weighted by Crippen LogP contribution is 2.35. The van der Waals surface area contributed by atoms with Crippen molar-refractivity contribution < 1.29 is 0 Å². The van der Waals surface area contributed by atoms with E-state index in [4.69, 9.17) is 28.1 Å². The van der Waals surface area contributed by atoms with Crippen LogP contribution in [0.25, 0.3) is 33.9 Å². The van der Waals surface area contributed by atoms with E-state index in [1.54, 1.807) is 0 Å². The molecule has 28 heavy (non-hydrogen) atoms. The predicted octanol–water partition coefficient (Wildman–Crippen LogP) is 4.98. The number of aromatic amines is 1. The van der Waals surface area contributed by atoms with Gasteiger partial charge in [0.1, 0.15) is 5.82 Å². The minimum Gasteiger partial charge on any atom is -0.337 e. The number of aromatic nitrogens is 2. The minimum absolute atomic E-state index is 0.480. The summed E-state index contributed by atoms with van der Waals surface area (Å²) in [6.07, 6.45) is 0. The zero-order valence-electron chi connectivity index (χ0n) is 15.3. The molecule has 0 fully saturated rings. The molecule has 140 valence electrons. The quantitative estimate of drug-likeness (QED) is 0.451. The third-order valence-electron chi connectivity index (χ3n) is 4.72. The summed E-state index contributed by atoms with van der Waals surface area (Å²) >= 11 is 6.41. The molecule has 0 atom stereocenters. The van der Waals surface area contributed by atoms with Crippen LogP contribution in [-0.2, 0) is 13.1 Å². The van der Waals surface area contributed by atoms with Crippen LogP contribution in [0.4, 0.5) is 0 Å². The maximum atomic E-state index is 6.41. The third-order valence-corrected chi connectivity index (χ3v) is 5.05. The Bertz CT molecular complexity index is 1050. The fraction of sp³-hybridized carbons (Fsp3) is 0.0870. The van der Waals surface area contributed by atoms with Crippen LogP contribution in [0.15, 0.2) is 72.8 Å². The van der Waals surface area contributed by atoms with Crippen molar-refractivity contribution in [3.05, 3.63) is 88.9 Å². The lowest BCUT2D eigenvalue weighted by atomic mass is 10.0. The summed E-state index contributed by atoms with van der Waals surface area (Å²) in [4.78, 5) is 8.38. The second-order valence-corrected chi connectivity index (χ2v) is 7.01. The van der Waals surface area contributed by atoms with E-state index in [1.807, 2.05) is 54.6 Å². The van der Waals surface area contributed by atoms with E-state index in [1.165, 1.54) is 0 Å². The number of nitrogens with two attached hydrogens (primary N) is 2. The Morgan fingerprint density at radius 3 is 2.11 bits per heavy atom. The third kappa shape index (κ3) is 3.58. The molecule has 0 radical (unpaired) electrons. The molecule has 0 aliphatic heterocycles. The van der Waals surface area contributed by atoms with Crippen molar-refractivity contribution in [3.63, 3.8) is 0 Å². The lowest BCUT2D eigenvalue weighted by Gasteiger charge is -2.06. The molecule has 5 heteroatoms. The first kappa shape index (κ1) is 18.4. The van der Waals surface area contributed by atoms with Gasteiger partial charge in [0.2, 0.25) is 0 Å². The van der Waals surface area contributed by atoms with Crippen LogP contribution in [0.2, 0.25) is 5.02 Å². The first-order valence-electron chi connectivity index (χ1n) is 9.13. The van der Waals surface area contributed by atoms with Crippen LogP contribution in [0.1, 0.15) is 11.1 Å². The van der Waals surface area contributed by atoms with Crippen LogP contribution in [0, 0.1) is 0 Å². The summed E-state index contributed by atoms with van der Waals surface area (Å²) < 4.78 is 0. The molecular weight excluding hydrogens is 368 g/mol. The molecule has 0 unspecified atom stereocenters. The zero-order chi connectivity index (χ0) is 19.5. The Morgan fingerprint density at radius 2 is 1.43 bits per heavy atom. The maximum absolute atomic E-state index is 6.41. The summed E-state index contributed by atoms with van der Waals surface area (Å²) in [5.41, 5.74) is 18.5. The van der Waals surface area contributed by atoms with Crippen LogP contribution < -0.4 is 11.5 Å². The number of nitrogens with zero attached hydrogens (tertiary/aromatic N) is 1. The average molecular weight is 389 g/mol. The molecule has 4 nitrogen and oxygen atoms in total. The highest BCUT2D eigenvalue weighted by atomic mass is 35.5. The molecule has 3 aromatic carbocycles. The van der Waals surface area contributed by atoms with E-state index in [0.29, 0.717) is 18.1 Å². The topological polar surface area (TPSA) is 80.7 Å². The largest absolute Gasteiger partial charge is 0.337 e. The van der Waals surface area contributed by atoms with E-state index in [9.17, 15) is 0 Å². The monoisotopic (exact) mass is 388 g/mol. The molecule has 0 saturated carbocycles. The molecular formula is C23H21ClN4. The van der Waals surface area contributed by atoms with E-state index < -0.39 is 0 Å². The Labute approximate surface area is 169 Å². The highest BCUT2D eigenvalue weighted by Gasteiger charge is 2.17. The predicted molar refractivity (Wildman–Crippen MR) is 116 cm³/mol. The SMILES string of the molecule is NCc1cccc(-c2nc(-c3ccccc3Cl)[nH]c2-c2cccc(CN)c2)c1. The van der Waals surface area contributed by atoms with Gasteiger partial charge in [-0.2, -0.15) is 0 Å². The Balaban J connectivity index is 1.93. The summed E-state index contributed by atoms with van der Waals surface area (Å²) in [5.74, 6) is 0.729. The second-order valence-electron chi connectivity index (χ2n) is 6.60. The molecule has 4 aromatic rings. The fourth-order valence-corrected chi connectivity index (χ4v) is 3.50. The molecule has 1 heterocycles. The van der Waals surface area contributed by atoms with Gasteiger partial charge in [-0.15, -0.1) is 0 Å². The Kier molecular flexibility index (Phi) is 5.26. The lowest BCUT2D eigenvalue weighted by molar-refractivity contribution is 1.07. The summed E-state index contributed by atoms with van der Waals surface area (Å²) in [6, 6.07) is 24.0. The van der Waals surface area contributed by atoms with Crippen molar-refractivity contribution in [3.8, 4) is 33.9 Å². The number of benzene rings is 3. The van der Waals surface area contributed by atoms with Crippen molar-refractivity contribution >= 4 is 11.6 Å². The molecule has 0 saturated heterocycles. The highest BCUT2D eigenvalue weighted by molar-refractivity contribution is 6.33. The Morgan fingerprint density at radius 1 is 0.786 bits per heavy atom. The number of rotatable bonds is 5. The minimum atomic E-state index is 0.480. The van der Waals surface area contributed by atoms with Gasteiger partial charge in [-0.25, -0.2) is 4.98 Å². The van der Waals surface area contributed by atoms with Crippen molar-refractivity contribution in [1.29, 1.82) is 0 Å². The van der Waals surface area contributed by atoms with Crippen molar-refractivity contribution in [1.82, 2.24) is 9.97 Å². The number of H-pyrrole nitrogens is 1. The summed E-state index contributed by atoms with van der Waals surface area (Å²) in [5, 5.41) is 0.653. The first-order chi connectivity index (χ1) is 13.7. The van der Waals surface area contributed by atoms with Crippen LogP contribution in [0.5, 0.6) is 0 Å². The van der Waals surface area contributed by atoms with E-state index >= 15 is 0 Å². The number of nitrogens with one attached hydrogen (secondary N) is 1. The normalized spacial score (nSPS) is 11.0. The van der Waals surface area contributed by atoms with Crippen molar-refractivity contribution in [2.75, 3.05) is 0 Å².